The van der Waals surface area contributed by atoms with Crippen molar-refractivity contribution in [2.75, 3.05) is 12.9 Å². The van der Waals surface area contributed by atoms with Crippen molar-refractivity contribution in [3.8, 4) is 0 Å². The molecule has 0 rings (SSSR count). The van der Waals surface area contributed by atoms with Gasteiger partial charge in [0.05, 0.1) is 6.73 Å². The summed E-state index contributed by atoms with van der Waals surface area (Å²) < 4.78 is 5.17. The topological polar surface area (TPSA) is 61.3 Å². The predicted molar refractivity (Wildman–Crippen MR) is 36.7 cm³/mol. The lowest BCUT2D eigenvalue weighted by Gasteiger charge is -2.18. The molecule has 4 heteroatoms. The average molecular weight is 134 g/mol. The van der Waals surface area contributed by atoms with Crippen LogP contribution in [0.1, 0.15) is 0 Å². The van der Waals surface area contributed by atoms with Crippen LogP contribution < -0.4 is 11.5 Å². The lowest BCUT2D eigenvalue weighted by molar-refractivity contribution is 0.319. The second kappa shape index (κ2) is 3.19. The second-order valence-electron chi connectivity index (χ2n) is 2.27. The minimum absolute atomic E-state index is 0.302. The zero-order valence-electron chi connectivity index (χ0n) is 5.48. The molecule has 0 saturated carbocycles. The summed E-state index contributed by atoms with van der Waals surface area (Å²) in [6.45, 7) is 4.39. The van der Waals surface area contributed by atoms with Crippen LogP contribution in [-0.2, 0) is 4.43 Å². The number of hydrogen-bond acceptors (Lipinski definition) is 3. The first-order chi connectivity index (χ1) is 3.62. The zero-order valence-corrected chi connectivity index (χ0v) is 6.48. The fourth-order valence-corrected chi connectivity index (χ4v) is 0.854. The van der Waals surface area contributed by atoms with Gasteiger partial charge in [0.1, 0.15) is 0 Å². The van der Waals surface area contributed by atoms with Gasteiger partial charge in [-0.25, -0.2) is 0 Å². The maximum atomic E-state index is 5.37. The fourth-order valence-electron chi connectivity index (χ4n) is 0.285. The first-order valence-electron chi connectivity index (χ1n) is 2.66. The maximum Gasteiger partial charge on any atom is 0.201 e. The molecule has 0 amide bonds. The van der Waals surface area contributed by atoms with Crippen LogP contribution in [0.5, 0.6) is 0 Å². The van der Waals surface area contributed by atoms with Crippen LogP contribution in [0.4, 0.5) is 0 Å². The molecule has 0 aromatic heterocycles. The van der Waals surface area contributed by atoms with E-state index in [9.17, 15) is 0 Å². The van der Waals surface area contributed by atoms with E-state index in [-0.39, 0.29) is 0 Å². The first-order valence-corrected chi connectivity index (χ1v) is 5.78. The van der Waals surface area contributed by atoms with Gasteiger partial charge in [-0.2, -0.15) is 0 Å². The number of nitrogens with two attached hydrogens (primary N) is 2. The molecule has 0 heterocycles. The molecule has 0 radical (unpaired) electrons. The van der Waals surface area contributed by atoms with E-state index in [1.54, 1.807) is 0 Å². The molecule has 0 aromatic carbocycles. The summed E-state index contributed by atoms with van der Waals surface area (Å²) in [6, 6.07) is 0. The van der Waals surface area contributed by atoms with Gasteiger partial charge in [0.2, 0.25) is 8.32 Å². The molecule has 8 heavy (non-hydrogen) atoms. The smallest absolute Gasteiger partial charge is 0.201 e. The molecule has 3 nitrogen and oxygen atoms in total. The van der Waals surface area contributed by atoms with Crippen LogP contribution in [-0.4, -0.2) is 21.2 Å². The van der Waals surface area contributed by atoms with E-state index in [0.717, 1.165) is 0 Å². The summed E-state index contributed by atoms with van der Waals surface area (Å²) in [7, 11) is -1.52. The molecule has 0 aromatic rings. The quantitative estimate of drug-likeness (QED) is 0.408. The first kappa shape index (κ1) is 8.10. The Labute approximate surface area is 51.1 Å². The van der Waals surface area contributed by atoms with Crippen molar-refractivity contribution in [2.24, 2.45) is 11.5 Å². The Hall–Kier alpha value is 0.0969. The Kier molecular flexibility index (Phi) is 3.23. The lowest BCUT2D eigenvalue weighted by Crippen LogP contribution is -2.41. The van der Waals surface area contributed by atoms with Crippen molar-refractivity contribution in [3.05, 3.63) is 0 Å². The van der Waals surface area contributed by atoms with Crippen LogP contribution in [0, 0.1) is 0 Å². The number of hydrogen-bond donors (Lipinski definition) is 2. The largest absolute Gasteiger partial charge is 0.404 e. The van der Waals surface area contributed by atoms with Gasteiger partial charge in [-0.05, 0) is 13.1 Å². The minimum atomic E-state index is -1.52. The highest BCUT2D eigenvalue weighted by molar-refractivity contribution is 6.71. The summed E-state index contributed by atoms with van der Waals surface area (Å²) in [5.74, 6) is 0. The van der Waals surface area contributed by atoms with E-state index >= 15 is 0 Å². The van der Waals surface area contributed by atoms with Crippen molar-refractivity contribution in [3.63, 3.8) is 0 Å². The van der Waals surface area contributed by atoms with Gasteiger partial charge in [0.15, 0.2) is 0 Å². The van der Waals surface area contributed by atoms with Gasteiger partial charge >= 0.3 is 0 Å². The highest BCUT2D eigenvalue weighted by Gasteiger charge is 2.18. The Morgan fingerprint density at radius 3 is 2.00 bits per heavy atom. The molecule has 50 valence electrons. The molecular formula is C4H14N2OSi. The van der Waals surface area contributed by atoms with Gasteiger partial charge in [0.25, 0.3) is 0 Å². The Balaban J connectivity index is 3.37. The van der Waals surface area contributed by atoms with Gasteiger partial charge in [-0.1, -0.05) is 0 Å². The molecule has 0 bridgehead atoms. The SMILES string of the molecule is C[Si](C)(CN)OCN. The van der Waals surface area contributed by atoms with E-state index in [0.29, 0.717) is 12.9 Å². The van der Waals surface area contributed by atoms with Crippen molar-refractivity contribution in [2.45, 2.75) is 13.1 Å². The number of rotatable bonds is 3. The third kappa shape index (κ3) is 3.14. The zero-order chi connectivity index (χ0) is 6.62. The third-order valence-electron chi connectivity index (χ3n) is 0.966. The highest BCUT2D eigenvalue weighted by Crippen LogP contribution is 1.97. The molecule has 0 aliphatic carbocycles. The molecular weight excluding hydrogens is 120 g/mol. The van der Waals surface area contributed by atoms with Crippen LogP contribution in [0.25, 0.3) is 0 Å². The Morgan fingerprint density at radius 1 is 1.38 bits per heavy atom. The normalized spacial score (nSPS) is 12.0. The molecule has 0 aliphatic rings. The molecule has 0 atom stereocenters. The predicted octanol–water partition coefficient (Wildman–Crippen LogP) is -0.378. The van der Waals surface area contributed by atoms with Crippen molar-refractivity contribution < 1.29 is 4.43 Å². The molecule has 4 N–H and O–H groups in total. The summed E-state index contributed by atoms with van der Waals surface area (Å²) in [6.07, 6.45) is 0.643. The van der Waals surface area contributed by atoms with E-state index in [1.165, 1.54) is 0 Å². The van der Waals surface area contributed by atoms with Gasteiger partial charge in [0, 0.05) is 6.17 Å². The monoisotopic (exact) mass is 134 g/mol. The van der Waals surface area contributed by atoms with Crippen LogP contribution in [0.15, 0.2) is 0 Å². The minimum Gasteiger partial charge on any atom is -0.404 e. The molecule has 0 aliphatic heterocycles. The molecule has 0 unspecified atom stereocenters. The summed E-state index contributed by atoms with van der Waals surface area (Å²) >= 11 is 0. The van der Waals surface area contributed by atoms with Gasteiger partial charge in [-0.15, -0.1) is 0 Å². The Bertz CT molecular complexity index is 67.1. The average Bonchev–Trinajstić information content (AvgIpc) is 1.67. The molecule has 0 spiro atoms. The van der Waals surface area contributed by atoms with Crippen LogP contribution in [0.2, 0.25) is 13.1 Å². The molecule has 0 saturated heterocycles. The van der Waals surface area contributed by atoms with E-state index in [1.807, 2.05) is 13.1 Å². The van der Waals surface area contributed by atoms with Crippen molar-refractivity contribution in [1.82, 2.24) is 0 Å². The maximum absolute atomic E-state index is 5.37. The summed E-state index contributed by atoms with van der Waals surface area (Å²) in [4.78, 5) is 0. The highest BCUT2D eigenvalue weighted by atomic mass is 28.4. The van der Waals surface area contributed by atoms with E-state index in [2.05, 4.69) is 0 Å². The standard InChI is InChI=1S/C4H14N2OSi/c1-8(2,4-6)7-3-5/h3-6H2,1-2H3. The fraction of sp³-hybridized carbons (Fsp3) is 1.00. The van der Waals surface area contributed by atoms with Crippen molar-refractivity contribution >= 4 is 8.32 Å². The lowest BCUT2D eigenvalue weighted by atomic mass is 11.4. The Morgan fingerprint density at radius 2 is 1.88 bits per heavy atom. The molecule has 0 fully saturated rings. The van der Waals surface area contributed by atoms with E-state index in [4.69, 9.17) is 15.9 Å². The van der Waals surface area contributed by atoms with Gasteiger partial charge < -0.3 is 15.9 Å². The van der Waals surface area contributed by atoms with E-state index < -0.39 is 8.32 Å². The van der Waals surface area contributed by atoms with Crippen LogP contribution >= 0.6 is 0 Å². The van der Waals surface area contributed by atoms with Gasteiger partial charge in [-0.3, -0.25) is 0 Å². The third-order valence-corrected chi connectivity index (χ3v) is 2.90. The summed E-state index contributed by atoms with van der Waals surface area (Å²) in [5.41, 5.74) is 10.5. The van der Waals surface area contributed by atoms with Crippen LogP contribution in [0.3, 0.4) is 0 Å². The van der Waals surface area contributed by atoms with Crippen molar-refractivity contribution in [1.29, 1.82) is 0 Å². The second-order valence-corrected chi connectivity index (χ2v) is 6.49. The summed E-state index contributed by atoms with van der Waals surface area (Å²) in [5, 5.41) is 0.